The molecule has 120 valence electrons. The standard InChI is InChI=1S/C20H23NOS/c1-16(23-15-18-10-6-3-7-11-18)20(22)21-13-12-19(21)14-17-8-4-2-5-9-17/h2-11,16,19H,12-15H2,1H3. The molecule has 0 bridgehead atoms. The Hall–Kier alpha value is -1.74. The van der Waals surface area contributed by atoms with E-state index in [1.54, 1.807) is 11.8 Å². The van der Waals surface area contributed by atoms with E-state index in [9.17, 15) is 4.79 Å². The quantitative estimate of drug-likeness (QED) is 0.795. The number of thioether (sulfide) groups is 1. The molecule has 2 atom stereocenters. The number of hydrogen-bond donors (Lipinski definition) is 0. The SMILES string of the molecule is CC(SCc1ccccc1)C(=O)N1CCC1Cc1ccccc1. The maximum atomic E-state index is 12.7. The zero-order valence-corrected chi connectivity index (χ0v) is 14.3. The molecule has 0 spiro atoms. The van der Waals surface area contributed by atoms with E-state index in [0.29, 0.717) is 6.04 Å². The van der Waals surface area contributed by atoms with Crippen molar-refractivity contribution in [3.05, 3.63) is 71.8 Å². The van der Waals surface area contributed by atoms with Crippen molar-refractivity contribution in [1.29, 1.82) is 0 Å². The Balaban J connectivity index is 1.51. The predicted molar refractivity (Wildman–Crippen MR) is 97.5 cm³/mol. The predicted octanol–water partition coefficient (Wildman–Crippen LogP) is 4.15. The lowest BCUT2D eigenvalue weighted by Gasteiger charge is -2.42. The molecule has 2 aromatic carbocycles. The molecule has 0 aliphatic carbocycles. The lowest BCUT2D eigenvalue weighted by atomic mass is 9.95. The fourth-order valence-electron chi connectivity index (χ4n) is 2.93. The van der Waals surface area contributed by atoms with Gasteiger partial charge in [-0.1, -0.05) is 60.7 Å². The second kappa shape index (κ2) is 7.69. The van der Waals surface area contributed by atoms with Gasteiger partial charge in [0.15, 0.2) is 0 Å². The molecule has 3 heteroatoms. The molecule has 1 amide bonds. The minimum Gasteiger partial charge on any atom is -0.338 e. The number of carbonyl (C=O) groups is 1. The molecule has 2 unspecified atom stereocenters. The van der Waals surface area contributed by atoms with Crippen LogP contribution in [0.15, 0.2) is 60.7 Å². The Kier molecular flexibility index (Phi) is 5.39. The molecule has 3 rings (SSSR count). The van der Waals surface area contributed by atoms with Crippen molar-refractivity contribution in [1.82, 2.24) is 4.90 Å². The van der Waals surface area contributed by atoms with Gasteiger partial charge in [-0.05, 0) is 30.9 Å². The van der Waals surface area contributed by atoms with E-state index < -0.39 is 0 Å². The zero-order chi connectivity index (χ0) is 16.1. The number of rotatable bonds is 6. The number of amides is 1. The van der Waals surface area contributed by atoms with E-state index in [4.69, 9.17) is 0 Å². The molecular formula is C20H23NOS. The highest BCUT2D eigenvalue weighted by Gasteiger charge is 2.34. The van der Waals surface area contributed by atoms with E-state index in [-0.39, 0.29) is 11.2 Å². The maximum absolute atomic E-state index is 12.7. The summed E-state index contributed by atoms with van der Waals surface area (Å²) in [5.74, 6) is 1.18. The largest absolute Gasteiger partial charge is 0.338 e. The summed E-state index contributed by atoms with van der Waals surface area (Å²) in [5, 5.41) is 0.0220. The lowest BCUT2D eigenvalue weighted by molar-refractivity contribution is -0.137. The van der Waals surface area contributed by atoms with Gasteiger partial charge in [-0.2, -0.15) is 0 Å². The van der Waals surface area contributed by atoms with Crippen LogP contribution in [-0.2, 0) is 17.0 Å². The van der Waals surface area contributed by atoms with Crippen LogP contribution < -0.4 is 0 Å². The van der Waals surface area contributed by atoms with Gasteiger partial charge in [-0.25, -0.2) is 0 Å². The maximum Gasteiger partial charge on any atom is 0.235 e. The Morgan fingerprint density at radius 1 is 1.09 bits per heavy atom. The highest BCUT2D eigenvalue weighted by Crippen LogP contribution is 2.26. The molecule has 1 heterocycles. The molecule has 1 aliphatic rings. The fraction of sp³-hybridized carbons (Fsp3) is 0.350. The molecule has 1 fully saturated rings. The molecule has 2 nitrogen and oxygen atoms in total. The Morgan fingerprint density at radius 3 is 2.26 bits per heavy atom. The summed E-state index contributed by atoms with van der Waals surface area (Å²) in [5.41, 5.74) is 2.60. The molecule has 23 heavy (non-hydrogen) atoms. The summed E-state index contributed by atoms with van der Waals surface area (Å²) < 4.78 is 0. The van der Waals surface area contributed by atoms with E-state index in [2.05, 4.69) is 41.3 Å². The summed E-state index contributed by atoms with van der Waals surface area (Å²) in [6.45, 7) is 2.94. The van der Waals surface area contributed by atoms with Crippen molar-refractivity contribution >= 4 is 17.7 Å². The number of likely N-dealkylation sites (tertiary alicyclic amines) is 1. The van der Waals surface area contributed by atoms with Crippen molar-refractivity contribution in [2.45, 2.75) is 36.8 Å². The van der Waals surface area contributed by atoms with Crippen LogP contribution in [0.1, 0.15) is 24.5 Å². The zero-order valence-electron chi connectivity index (χ0n) is 13.5. The lowest BCUT2D eigenvalue weighted by Crippen LogP contribution is -2.54. The monoisotopic (exact) mass is 325 g/mol. The van der Waals surface area contributed by atoms with Crippen molar-refractivity contribution in [3.8, 4) is 0 Å². The van der Waals surface area contributed by atoms with Crippen LogP contribution in [0.5, 0.6) is 0 Å². The number of benzene rings is 2. The summed E-state index contributed by atoms with van der Waals surface area (Å²) in [6, 6.07) is 21.2. The van der Waals surface area contributed by atoms with E-state index in [0.717, 1.165) is 25.1 Å². The second-order valence-corrected chi connectivity index (χ2v) is 7.43. The van der Waals surface area contributed by atoms with Gasteiger partial charge in [0.2, 0.25) is 5.91 Å². The fourth-order valence-corrected chi connectivity index (χ4v) is 3.84. The van der Waals surface area contributed by atoms with Gasteiger partial charge in [0.05, 0.1) is 5.25 Å². The van der Waals surface area contributed by atoms with Gasteiger partial charge in [-0.15, -0.1) is 11.8 Å². The molecule has 1 saturated heterocycles. The smallest absolute Gasteiger partial charge is 0.235 e. The Labute approximate surface area is 142 Å². The van der Waals surface area contributed by atoms with Crippen molar-refractivity contribution in [2.75, 3.05) is 6.54 Å². The van der Waals surface area contributed by atoms with E-state index >= 15 is 0 Å². The van der Waals surface area contributed by atoms with Crippen molar-refractivity contribution in [3.63, 3.8) is 0 Å². The van der Waals surface area contributed by atoms with Crippen molar-refractivity contribution < 1.29 is 4.79 Å². The summed E-state index contributed by atoms with van der Waals surface area (Å²) in [7, 11) is 0. The highest BCUT2D eigenvalue weighted by molar-refractivity contribution is 7.99. The summed E-state index contributed by atoms with van der Waals surface area (Å²) in [6.07, 6.45) is 2.10. The highest BCUT2D eigenvalue weighted by atomic mass is 32.2. The first-order chi connectivity index (χ1) is 11.2. The third-order valence-corrected chi connectivity index (χ3v) is 5.63. The number of hydrogen-bond acceptors (Lipinski definition) is 2. The first-order valence-electron chi connectivity index (χ1n) is 8.24. The minimum absolute atomic E-state index is 0.0220. The van der Waals surface area contributed by atoms with Crippen LogP contribution in [-0.4, -0.2) is 28.6 Å². The molecule has 0 aromatic heterocycles. The Morgan fingerprint density at radius 2 is 1.70 bits per heavy atom. The van der Waals surface area contributed by atoms with Crippen LogP contribution in [0.4, 0.5) is 0 Å². The molecule has 2 aromatic rings. The van der Waals surface area contributed by atoms with Gasteiger partial charge in [0.25, 0.3) is 0 Å². The first kappa shape index (κ1) is 16.1. The summed E-state index contributed by atoms with van der Waals surface area (Å²) >= 11 is 1.73. The third kappa shape index (κ3) is 4.17. The van der Waals surface area contributed by atoms with Crippen LogP contribution in [0.25, 0.3) is 0 Å². The molecule has 1 aliphatic heterocycles. The van der Waals surface area contributed by atoms with Gasteiger partial charge in [0, 0.05) is 18.3 Å². The second-order valence-electron chi connectivity index (χ2n) is 6.10. The van der Waals surface area contributed by atoms with Crippen LogP contribution >= 0.6 is 11.8 Å². The van der Waals surface area contributed by atoms with Gasteiger partial charge >= 0.3 is 0 Å². The molecule has 0 saturated carbocycles. The first-order valence-corrected chi connectivity index (χ1v) is 9.29. The number of carbonyl (C=O) groups excluding carboxylic acids is 1. The average Bonchev–Trinajstić information content (AvgIpc) is 2.58. The van der Waals surface area contributed by atoms with Crippen LogP contribution in [0.2, 0.25) is 0 Å². The van der Waals surface area contributed by atoms with Crippen molar-refractivity contribution in [2.24, 2.45) is 0 Å². The third-order valence-electron chi connectivity index (χ3n) is 4.43. The molecule has 0 N–H and O–H groups in total. The molecular weight excluding hydrogens is 302 g/mol. The van der Waals surface area contributed by atoms with Gasteiger partial charge in [-0.3, -0.25) is 4.79 Å². The average molecular weight is 325 g/mol. The van der Waals surface area contributed by atoms with Crippen LogP contribution in [0, 0.1) is 0 Å². The summed E-state index contributed by atoms with van der Waals surface area (Å²) in [4.78, 5) is 14.7. The number of nitrogens with zero attached hydrogens (tertiary/aromatic N) is 1. The van der Waals surface area contributed by atoms with E-state index in [1.165, 1.54) is 11.1 Å². The normalized spacial score (nSPS) is 18.3. The minimum atomic E-state index is 0.0220. The molecule has 0 radical (unpaired) electrons. The van der Waals surface area contributed by atoms with Gasteiger partial charge in [0.1, 0.15) is 0 Å². The topological polar surface area (TPSA) is 20.3 Å². The Bertz CT molecular complexity index is 629. The van der Waals surface area contributed by atoms with E-state index in [1.807, 2.05) is 31.2 Å². The van der Waals surface area contributed by atoms with Gasteiger partial charge < -0.3 is 4.90 Å². The van der Waals surface area contributed by atoms with Crippen LogP contribution in [0.3, 0.4) is 0 Å².